The molecule has 3 aliphatic rings. The van der Waals surface area contributed by atoms with Crippen LogP contribution >= 0.6 is 11.3 Å². The van der Waals surface area contributed by atoms with Gasteiger partial charge in [-0.3, -0.25) is 4.90 Å². The molecule has 2 aromatic heterocycles. The van der Waals surface area contributed by atoms with Crippen LogP contribution in [0.2, 0.25) is 0 Å². The van der Waals surface area contributed by atoms with Crippen LogP contribution in [0.5, 0.6) is 0 Å². The van der Waals surface area contributed by atoms with Crippen LogP contribution in [0.3, 0.4) is 0 Å². The molecular weight excluding hydrogens is 567 g/mol. The third kappa shape index (κ3) is 5.45. The molecule has 11 heteroatoms. The molecule has 4 aromatic rings. The van der Waals surface area contributed by atoms with Gasteiger partial charge in [0.25, 0.3) is 0 Å². The first-order chi connectivity index (χ1) is 20.3. The minimum absolute atomic E-state index is 0.0138. The van der Waals surface area contributed by atoms with E-state index in [2.05, 4.69) is 15.0 Å². The van der Waals surface area contributed by atoms with Gasteiger partial charge >= 0.3 is 12.1 Å². The van der Waals surface area contributed by atoms with E-state index in [4.69, 9.17) is 14.0 Å². The fourth-order valence-electron chi connectivity index (χ4n) is 6.51. The number of carbonyl (C=O) groups is 1. The van der Waals surface area contributed by atoms with Gasteiger partial charge in [-0.15, -0.1) is 11.3 Å². The Morgan fingerprint density at radius 1 is 1.07 bits per heavy atom. The smallest absolute Gasteiger partial charge is 0.417 e. The summed E-state index contributed by atoms with van der Waals surface area (Å²) in [6, 6.07) is 11.5. The number of halogens is 3. The topological polar surface area (TPSA) is 77.7 Å². The molecule has 2 aliphatic heterocycles. The lowest BCUT2D eigenvalue weighted by Crippen LogP contribution is -2.46. The van der Waals surface area contributed by atoms with E-state index in [-0.39, 0.29) is 35.9 Å². The summed E-state index contributed by atoms with van der Waals surface area (Å²) in [5.74, 6) is 0.505. The van der Waals surface area contributed by atoms with Gasteiger partial charge in [0, 0.05) is 35.7 Å². The summed E-state index contributed by atoms with van der Waals surface area (Å²) in [5.41, 5.74) is 3.31. The second kappa shape index (κ2) is 11.1. The van der Waals surface area contributed by atoms with E-state index < -0.39 is 11.7 Å². The Bertz CT molecular complexity index is 1580. The lowest BCUT2D eigenvalue weighted by molar-refractivity contribution is -0.137. The van der Waals surface area contributed by atoms with E-state index in [0.29, 0.717) is 42.1 Å². The minimum atomic E-state index is -4.50. The van der Waals surface area contributed by atoms with Crippen molar-refractivity contribution in [2.45, 2.75) is 75.4 Å². The molecule has 0 amide bonds. The largest absolute Gasteiger partial charge is 0.461 e. The standard InChI is InChI=1S/C31H30F3N3O4S/c32-31(33,34)25-4-2-1-3-23(25)28-24(29(41-36-28)18-5-6-18)16-40-22-14-20-8-9-21(15-22)37(20)11-12-39-30(38)19-7-10-26-27(13-19)42-17-35-26/h1-4,7,10,13,17-18,20-22H,5-6,8-9,11-12,14-16H2. The number of rotatable bonds is 9. The van der Waals surface area contributed by atoms with E-state index in [1.165, 1.54) is 23.5 Å². The second-order valence-electron chi connectivity index (χ2n) is 11.4. The van der Waals surface area contributed by atoms with E-state index in [1.54, 1.807) is 17.6 Å². The summed E-state index contributed by atoms with van der Waals surface area (Å²) in [7, 11) is 0. The molecule has 42 heavy (non-hydrogen) atoms. The number of thiazole rings is 1. The van der Waals surface area contributed by atoms with Crippen molar-refractivity contribution in [3.63, 3.8) is 0 Å². The van der Waals surface area contributed by atoms with E-state index in [9.17, 15) is 18.0 Å². The number of nitrogens with zero attached hydrogens (tertiary/aromatic N) is 3. The number of alkyl halides is 3. The monoisotopic (exact) mass is 597 g/mol. The quantitative estimate of drug-likeness (QED) is 0.189. The van der Waals surface area contributed by atoms with Gasteiger partial charge in [0.15, 0.2) is 0 Å². The average Bonchev–Trinajstić information content (AvgIpc) is 3.47. The van der Waals surface area contributed by atoms with Crippen molar-refractivity contribution < 1.29 is 32.0 Å². The number of carbonyl (C=O) groups excluding carboxylic acids is 1. The van der Waals surface area contributed by atoms with Crippen molar-refractivity contribution in [2.75, 3.05) is 13.2 Å². The number of hydrogen-bond acceptors (Lipinski definition) is 8. The first-order valence-corrected chi connectivity index (χ1v) is 15.3. The van der Waals surface area contributed by atoms with Crippen molar-refractivity contribution in [2.24, 2.45) is 0 Å². The molecule has 2 saturated heterocycles. The molecule has 0 N–H and O–H groups in total. The molecule has 0 spiro atoms. The van der Waals surface area contributed by atoms with Crippen LogP contribution < -0.4 is 0 Å². The number of aromatic nitrogens is 2. The first-order valence-electron chi connectivity index (χ1n) is 14.4. The molecule has 220 valence electrons. The van der Waals surface area contributed by atoms with Gasteiger partial charge in [-0.2, -0.15) is 13.2 Å². The van der Waals surface area contributed by atoms with Crippen LogP contribution in [0, 0.1) is 0 Å². The third-order valence-electron chi connectivity index (χ3n) is 8.71. The maximum absolute atomic E-state index is 13.8. The lowest BCUT2D eigenvalue weighted by Gasteiger charge is -2.38. The van der Waals surface area contributed by atoms with Gasteiger partial charge in [0.05, 0.1) is 39.6 Å². The Labute approximate surface area is 244 Å². The maximum atomic E-state index is 13.8. The molecule has 2 aromatic carbocycles. The van der Waals surface area contributed by atoms with Gasteiger partial charge in [0.2, 0.25) is 0 Å². The van der Waals surface area contributed by atoms with Crippen molar-refractivity contribution in [1.82, 2.24) is 15.0 Å². The highest BCUT2D eigenvalue weighted by Crippen LogP contribution is 2.46. The molecule has 2 unspecified atom stereocenters. The molecule has 0 radical (unpaired) electrons. The fraction of sp³-hybridized carbons (Fsp3) is 0.452. The summed E-state index contributed by atoms with van der Waals surface area (Å²) in [4.78, 5) is 19.3. The Kier molecular flexibility index (Phi) is 7.27. The highest BCUT2D eigenvalue weighted by Gasteiger charge is 2.42. The van der Waals surface area contributed by atoms with Crippen molar-refractivity contribution >= 4 is 27.5 Å². The molecule has 2 atom stereocenters. The molecule has 1 aliphatic carbocycles. The average molecular weight is 598 g/mol. The second-order valence-corrected chi connectivity index (χ2v) is 12.3. The Balaban J connectivity index is 0.979. The Morgan fingerprint density at radius 2 is 1.86 bits per heavy atom. The van der Waals surface area contributed by atoms with Crippen LogP contribution in [-0.2, 0) is 22.3 Å². The van der Waals surface area contributed by atoms with E-state index >= 15 is 0 Å². The van der Waals surface area contributed by atoms with Crippen LogP contribution in [0.4, 0.5) is 13.2 Å². The summed E-state index contributed by atoms with van der Waals surface area (Å²) in [6.45, 7) is 1.14. The molecule has 7 rings (SSSR count). The highest BCUT2D eigenvalue weighted by atomic mass is 32.1. The fourth-order valence-corrected chi connectivity index (χ4v) is 7.23. The number of ether oxygens (including phenoxy) is 2. The predicted octanol–water partition coefficient (Wildman–Crippen LogP) is 7.22. The number of hydrogen-bond donors (Lipinski definition) is 0. The van der Waals surface area contributed by atoms with Crippen molar-refractivity contribution in [3.8, 4) is 11.3 Å². The Morgan fingerprint density at radius 3 is 2.62 bits per heavy atom. The van der Waals surface area contributed by atoms with Crippen molar-refractivity contribution in [3.05, 3.63) is 70.4 Å². The highest BCUT2D eigenvalue weighted by molar-refractivity contribution is 7.16. The molecule has 3 fully saturated rings. The SMILES string of the molecule is O=C(OCCN1C2CCC1CC(OCc1c(-c3ccccc3C(F)(F)F)noc1C1CC1)C2)c1ccc2ncsc2c1. The van der Waals surface area contributed by atoms with Crippen LogP contribution in [0.1, 0.15) is 71.7 Å². The number of fused-ring (bicyclic) bond motifs is 3. The van der Waals surface area contributed by atoms with Crippen LogP contribution in [0.15, 0.2) is 52.5 Å². The molecular formula is C31H30F3N3O4S. The van der Waals surface area contributed by atoms with Gasteiger partial charge in [-0.05, 0) is 62.8 Å². The lowest BCUT2D eigenvalue weighted by atomic mass is 9.98. The maximum Gasteiger partial charge on any atom is 0.417 e. The summed E-state index contributed by atoms with van der Waals surface area (Å²) < 4.78 is 59.9. The normalized spacial score (nSPS) is 22.6. The van der Waals surface area contributed by atoms with Crippen LogP contribution in [0.25, 0.3) is 21.5 Å². The predicted molar refractivity (Wildman–Crippen MR) is 150 cm³/mol. The zero-order chi connectivity index (χ0) is 28.8. The number of benzene rings is 2. The Hall–Kier alpha value is -3.28. The zero-order valence-corrected chi connectivity index (χ0v) is 23.6. The van der Waals surface area contributed by atoms with Gasteiger partial charge in [-0.25, -0.2) is 9.78 Å². The minimum Gasteiger partial charge on any atom is -0.461 e. The summed E-state index contributed by atoms with van der Waals surface area (Å²) >= 11 is 1.49. The zero-order valence-electron chi connectivity index (χ0n) is 22.8. The van der Waals surface area contributed by atoms with Crippen LogP contribution in [-0.4, -0.2) is 52.3 Å². The van der Waals surface area contributed by atoms with Gasteiger partial charge in [-0.1, -0.05) is 23.4 Å². The number of piperidine rings is 1. The molecule has 2 bridgehead atoms. The summed E-state index contributed by atoms with van der Waals surface area (Å²) in [5, 5.41) is 4.11. The third-order valence-corrected chi connectivity index (χ3v) is 9.50. The van der Waals surface area contributed by atoms with E-state index in [0.717, 1.165) is 54.8 Å². The van der Waals surface area contributed by atoms with Gasteiger partial charge in [0.1, 0.15) is 18.1 Å². The summed E-state index contributed by atoms with van der Waals surface area (Å²) in [6.07, 6.45) is 1.11. The molecule has 7 nitrogen and oxygen atoms in total. The number of esters is 1. The van der Waals surface area contributed by atoms with Gasteiger partial charge < -0.3 is 14.0 Å². The van der Waals surface area contributed by atoms with E-state index in [1.807, 2.05) is 12.1 Å². The first kappa shape index (κ1) is 27.5. The van der Waals surface area contributed by atoms with Crippen molar-refractivity contribution in [1.29, 1.82) is 0 Å². The molecule has 1 saturated carbocycles. The molecule has 4 heterocycles.